The number of hydrogen-bond donors (Lipinski definition) is 4. The lowest BCUT2D eigenvalue weighted by Gasteiger charge is -2.12. The number of ether oxygens (including phenoxy) is 1. The number of nitrogens with zero attached hydrogens (tertiary/aromatic N) is 1. The van der Waals surface area contributed by atoms with Crippen LogP contribution in [-0.4, -0.2) is 41.9 Å². The number of carbonyl (C=O) groups excluding carboxylic acids is 1. The molecule has 10 heteroatoms. The van der Waals surface area contributed by atoms with Crippen LogP contribution in [0.3, 0.4) is 0 Å². The van der Waals surface area contributed by atoms with E-state index in [9.17, 15) is 18.0 Å². The van der Waals surface area contributed by atoms with Crippen LogP contribution >= 0.6 is 0 Å². The van der Waals surface area contributed by atoms with Gasteiger partial charge in [-0.05, 0) is 18.2 Å². The van der Waals surface area contributed by atoms with E-state index in [2.05, 4.69) is 4.98 Å². The highest BCUT2D eigenvalue weighted by Crippen LogP contribution is 2.38. The fraction of sp³-hybridized carbons (Fsp3) is 0.286. The molecule has 0 aliphatic rings. The third kappa shape index (κ3) is 3.27. The Morgan fingerprint density at radius 3 is 2.62 bits per heavy atom. The molecule has 6 N–H and O–H groups in total. The SMILES string of the molecule is CN(C(=N)N)C(=O)c1cc2c(C(F)(F)F)ccc(OCCN)c2[nH]1. The number of halogens is 3. The summed E-state index contributed by atoms with van der Waals surface area (Å²) in [4.78, 5) is 15.6. The van der Waals surface area contributed by atoms with Gasteiger partial charge in [0.2, 0.25) is 0 Å². The molecule has 0 unspecified atom stereocenters. The van der Waals surface area contributed by atoms with E-state index in [0.717, 1.165) is 17.0 Å². The van der Waals surface area contributed by atoms with Crippen molar-refractivity contribution < 1.29 is 22.7 Å². The number of aromatic amines is 1. The maximum absolute atomic E-state index is 13.2. The van der Waals surface area contributed by atoms with Gasteiger partial charge in [0.15, 0.2) is 5.96 Å². The monoisotopic (exact) mass is 343 g/mol. The van der Waals surface area contributed by atoms with Crippen LogP contribution in [0.15, 0.2) is 18.2 Å². The number of aromatic nitrogens is 1. The van der Waals surface area contributed by atoms with Crippen molar-refractivity contribution in [1.29, 1.82) is 5.41 Å². The fourth-order valence-electron chi connectivity index (χ4n) is 2.14. The number of hydrogen-bond acceptors (Lipinski definition) is 4. The lowest BCUT2D eigenvalue weighted by atomic mass is 10.1. The second-order valence-corrected chi connectivity index (χ2v) is 4.97. The van der Waals surface area contributed by atoms with Crippen LogP contribution in [0, 0.1) is 5.41 Å². The normalized spacial score (nSPS) is 11.5. The van der Waals surface area contributed by atoms with E-state index in [1.807, 2.05) is 0 Å². The third-order valence-corrected chi connectivity index (χ3v) is 3.33. The molecular weight excluding hydrogens is 327 g/mol. The Morgan fingerprint density at radius 2 is 2.08 bits per heavy atom. The summed E-state index contributed by atoms with van der Waals surface area (Å²) in [5, 5.41) is 7.03. The first-order chi connectivity index (χ1) is 11.2. The highest BCUT2D eigenvalue weighted by molar-refractivity contribution is 6.06. The molecule has 2 rings (SSSR count). The van der Waals surface area contributed by atoms with E-state index >= 15 is 0 Å². The minimum absolute atomic E-state index is 0.0265. The first kappa shape index (κ1) is 17.6. The van der Waals surface area contributed by atoms with Crippen molar-refractivity contribution in [2.24, 2.45) is 11.5 Å². The molecular formula is C14H16F3N5O2. The summed E-state index contributed by atoms with van der Waals surface area (Å²) in [6, 6.07) is 3.11. The number of nitrogens with one attached hydrogen (secondary N) is 2. The van der Waals surface area contributed by atoms with E-state index in [1.54, 1.807) is 0 Å². The first-order valence-corrected chi connectivity index (χ1v) is 6.84. The number of alkyl halides is 3. The molecule has 0 saturated carbocycles. The number of rotatable bonds is 4. The number of fused-ring (bicyclic) bond motifs is 1. The van der Waals surface area contributed by atoms with Crippen LogP contribution in [0.4, 0.5) is 13.2 Å². The van der Waals surface area contributed by atoms with Crippen LogP contribution in [0.2, 0.25) is 0 Å². The van der Waals surface area contributed by atoms with E-state index in [0.29, 0.717) is 0 Å². The van der Waals surface area contributed by atoms with Gasteiger partial charge in [-0.3, -0.25) is 15.1 Å². The molecule has 0 aliphatic heterocycles. The van der Waals surface area contributed by atoms with Crippen molar-refractivity contribution in [2.75, 3.05) is 20.2 Å². The van der Waals surface area contributed by atoms with E-state index in [4.69, 9.17) is 21.6 Å². The van der Waals surface area contributed by atoms with Crippen molar-refractivity contribution in [1.82, 2.24) is 9.88 Å². The lowest BCUT2D eigenvalue weighted by molar-refractivity contribution is -0.136. The van der Waals surface area contributed by atoms with Crippen molar-refractivity contribution in [3.8, 4) is 5.75 Å². The zero-order valence-corrected chi connectivity index (χ0v) is 12.7. The van der Waals surface area contributed by atoms with Gasteiger partial charge in [0.25, 0.3) is 5.91 Å². The summed E-state index contributed by atoms with van der Waals surface area (Å²) in [6.07, 6.45) is -4.60. The number of amides is 1. The molecule has 1 amide bonds. The van der Waals surface area contributed by atoms with Gasteiger partial charge in [-0.1, -0.05) is 0 Å². The fourth-order valence-corrected chi connectivity index (χ4v) is 2.14. The maximum atomic E-state index is 13.2. The lowest BCUT2D eigenvalue weighted by Crippen LogP contribution is -2.38. The highest BCUT2D eigenvalue weighted by Gasteiger charge is 2.34. The molecule has 0 saturated heterocycles. The predicted molar refractivity (Wildman–Crippen MR) is 81.9 cm³/mol. The van der Waals surface area contributed by atoms with Crippen molar-refractivity contribution >= 4 is 22.8 Å². The molecule has 0 aliphatic carbocycles. The minimum Gasteiger partial charge on any atom is -0.490 e. The smallest absolute Gasteiger partial charge is 0.417 e. The van der Waals surface area contributed by atoms with E-state index in [1.165, 1.54) is 13.1 Å². The topological polar surface area (TPSA) is 121 Å². The first-order valence-electron chi connectivity index (χ1n) is 6.84. The summed E-state index contributed by atoms with van der Waals surface area (Å²) in [7, 11) is 1.24. The number of H-pyrrole nitrogens is 1. The molecule has 7 nitrogen and oxygen atoms in total. The average Bonchev–Trinajstić information content (AvgIpc) is 2.94. The Hall–Kier alpha value is -2.75. The predicted octanol–water partition coefficient (Wildman–Crippen LogP) is 1.49. The maximum Gasteiger partial charge on any atom is 0.417 e. The van der Waals surface area contributed by atoms with Gasteiger partial charge in [0, 0.05) is 19.0 Å². The number of nitrogens with two attached hydrogens (primary N) is 2. The summed E-state index contributed by atoms with van der Waals surface area (Å²) in [5.41, 5.74) is 9.53. The molecule has 1 aromatic carbocycles. The quantitative estimate of drug-likeness (QED) is 0.496. The molecule has 0 fully saturated rings. The second-order valence-electron chi connectivity index (χ2n) is 4.97. The van der Waals surface area contributed by atoms with Crippen LogP contribution in [0.1, 0.15) is 16.1 Å². The van der Waals surface area contributed by atoms with Crippen molar-refractivity contribution in [3.63, 3.8) is 0 Å². The van der Waals surface area contributed by atoms with Gasteiger partial charge in [-0.15, -0.1) is 0 Å². The second kappa shape index (κ2) is 6.40. The molecule has 1 heterocycles. The van der Waals surface area contributed by atoms with Gasteiger partial charge in [0.1, 0.15) is 18.1 Å². The van der Waals surface area contributed by atoms with Crippen molar-refractivity contribution in [2.45, 2.75) is 6.18 Å². The van der Waals surface area contributed by atoms with E-state index < -0.39 is 23.6 Å². The molecule has 2 aromatic rings. The summed E-state index contributed by atoms with van der Waals surface area (Å²) >= 11 is 0. The zero-order valence-electron chi connectivity index (χ0n) is 12.7. The Bertz CT molecular complexity index is 785. The molecule has 24 heavy (non-hydrogen) atoms. The number of carbonyl (C=O) groups is 1. The standard InChI is InChI=1S/C14H16F3N5O2/c1-22(13(19)20)12(23)9-6-7-8(14(15,16)17)2-3-10(11(7)21-9)24-5-4-18/h2-3,6,21H,4-5,18H2,1H3,(H3,19,20). The van der Waals surface area contributed by atoms with Gasteiger partial charge in [0.05, 0.1) is 11.1 Å². The van der Waals surface area contributed by atoms with Crippen LogP contribution in [0.25, 0.3) is 10.9 Å². The highest BCUT2D eigenvalue weighted by atomic mass is 19.4. The van der Waals surface area contributed by atoms with E-state index in [-0.39, 0.29) is 35.5 Å². The Balaban J connectivity index is 2.61. The summed E-state index contributed by atoms with van der Waals surface area (Å²) in [5.74, 6) is -1.13. The molecule has 0 atom stereocenters. The zero-order chi connectivity index (χ0) is 18.1. The largest absolute Gasteiger partial charge is 0.490 e. The molecule has 130 valence electrons. The van der Waals surface area contributed by atoms with Gasteiger partial charge >= 0.3 is 6.18 Å². The van der Waals surface area contributed by atoms with Crippen LogP contribution in [0.5, 0.6) is 5.75 Å². The van der Waals surface area contributed by atoms with Gasteiger partial charge < -0.3 is 21.2 Å². The molecule has 1 aromatic heterocycles. The minimum atomic E-state index is -4.60. The molecule has 0 radical (unpaired) electrons. The Labute approximate surface area is 134 Å². The number of guanidine groups is 1. The van der Waals surface area contributed by atoms with Crippen molar-refractivity contribution in [3.05, 3.63) is 29.5 Å². The molecule has 0 bridgehead atoms. The summed E-state index contributed by atoms with van der Waals surface area (Å²) < 4.78 is 44.8. The number of benzene rings is 1. The van der Waals surface area contributed by atoms with Crippen LogP contribution < -0.4 is 16.2 Å². The Morgan fingerprint density at radius 1 is 1.42 bits per heavy atom. The van der Waals surface area contributed by atoms with Gasteiger partial charge in [-0.25, -0.2) is 0 Å². The summed E-state index contributed by atoms with van der Waals surface area (Å²) in [6.45, 7) is 0.290. The molecule has 0 spiro atoms. The van der Waals surface area contributed by atoms with Crippen LogP contribution in [-0.2, 0) is 6.18 Å². The average molecular weight is 343 g/mol. The van der Waals surface area contributed by atoms with Gasteiger partial charge in [-0.2, -0.15) is 13.2 Å². The third-order valence-electron chi connectivity index (χ3n) is 3.33. The Kier molecular flexibility index (Phi) is 4.69.